The van der Waals surface area contributed by atoms with E-state index in [0.717, 1.165) is 5.56 Å². The number of carbonyl (C=O) groups excluding carboxylic acids is 1. The molecule has 0 unspecified atom stereocenters. The van der Waals surface area contributed by atoms with Gasteiger partial charge in [-0.3, -0.25) is 19.9 Å². The second-order valence-electron chi connectivity index (χ2n) is 4.49. The summed E-state index contributed by atoms with van der Waals surface area (Å²) in [6.45, 7) is 0.452. The summed E-state index contributed by atoms with van der Waals surface area (Å²) >= 11 is 0. The molecule has 0 radical (unpaired) electrons. The summed E-state index contributed by atoms with van der Waals surface area (Å²) in [7, 11) is 0. The van der Waals surface area contributed by atoms with Gasteiger partial charge in [-0.25, -0.2) is 0 Å². The predicted molar refractivity (Wildman–Crippen MR) is 72.7 cm³/mol. The monoisotopic (exact) mass is 269 g/mol. The number of nitrogens with zero attached hydrogens (tertiary/aromatic N) is 3. The molecule has 3 rings (SSSR count). The number of hydrogen-bond acceptors (Lipinski definition) is 4. The van der Waals surface area contributed by atoms with E-state index in [1.54, 1.807) is 24.4 Å². The van der Waals surface area contributed by atoms with Crippen LogP contribution in [0.2, 0.25) is 0 Å². The van der Waals surface area contributed by atoms with Crippen molar-refractivity contribution in [1.82, 2.24) is 4.98 Å². The number of aromatic nitrogens is 1. The molecule has 2 aromatic rings. The van der Waals surface area contributed by atoms with Gasteiger partial charge in [0.25, 0.3) is 11.6 Å². The van der Waals surface area contributed by atoms with Gasteiger partial charge >= 0.3 is 0 Å². The highest BCUT2D eigenvalue weighted by Gasteiger charge is 2.32. The van der Waals surface area contributed by atoms with Crippen LogP contribution in [-0.4, -0.2) is 22.4 Å². The molecule has 0 bridgehead atoms. The molecular weight excluding hydrogens is 258 g/mol. The molecule has 1 aromatic heterocycles. The average molecular weight is 269 g/mol. The first-order valence-corrected chi connectivity index (χ1v) is 6.16. The number of fused-ring (bicyclic) bond motifs is 1. The Hall–Kier alpha value is -2.76. The van der Waals surface area contributed by atoms with Crippen LogP contribution in [0.3, 0.4) is 0 Å². The topological polar surface area (TPSA) is 76.3 Å². The zero-order valence-corrected chi connectivity index (χ0v) is 10.5. The Morgan fingerprint density at radius 1 is 1.30 bits per heavy atom. The third-order valence-corrected chi connectivity index (χ3v) is 3.32. The molecule has 1 aliphatic rings. The normalized spacial score (nSPS) is 13.1. The minimum absolute atomic E-state index is 0.0303. The molecule has 0 fully saturated rings. The largest absolute Gasteiger partial charge is 0.302 e. The molecule has 20 heavy (non-hydrogen) atoms. The third kappa shape index (κ3) is 1.91. The van der Waals surface area contributed by atoms with Crippen LogP contribution in [0.15, 0.2) is 42.7 Å². The Kier molecular flexibility index (Phi) is 2.90. The number of nitro benzene ring substituents is 1. The summed E-state index contributed by atoms with van der Waals surface area (Å²) in [6.07, 6.45) is 3.68. The fourth-order valence-corrected chi connectivity index (χ4v) is 2.43. The van der Waals surface area contributed by atoms with Crippen molar-refractivity contribution in [3.8, 4) is 0 Å². The zero-order valence-electron chi connectivity index (χ0n) is 10.5. The molecule has 1 aromatic carbocycles. The lowest BCUT2D eigenvalue weighted by Gasteiger charge is -2.16. The van der Waals surface area contributed by atoms with E-state index < -0.39 is 4.92 Å². The summed E-state index contributed by atoms with van der Waals surface area (Å²) in [5.41, 5.74) is 1.64. The molecule has 0 aliphatic carbocycles. The Morgan fingerprint density at radius 3 is 2.85 bits per heavy atom. The van der Waals surface area contributed by atoms with Gasteiger partial charge in [0.05, 0.1) is 10.5 Å². The van der Waals surface area contributed by atoms with Crippen LogP contribution in [0, 0.1) is 10.1 Å². The number of anilines is 1. The standard InChI is InChI=1S/C14H11N3O3/c18-14(11-4-2-7-15-9-11)16-8-6-10-3-1-5-12(13(10)16)17(19)20/h1-5,7,9H,6,8H2. The first-order chi connectivity index (χ1) is 9.68. The Balaban J connectivity index is 2.05. The Labute approximate surface area is 114 Å². The average Bonchev–Trinajstić information content (AvgIpc) is 2.91. The van der Waals surface area contributed by atoms with Crippen molar-refractivity contribution < 1.29 is 9.72 Å². The molecule has 1 amide bonds. The van der Waals surface area contributed by atoms with E-state index in [-0.39, 0.29) is 11.6 Å². The molecule has 1 aliphatic heterocycles. The highest BCUT2D eigenvalue weighted by atomic mass is 16.6. The molecule has 6 heteroatoms. The molecule has 0 N–H and O–H groups in total. The number of carbonyl (C=O) groups is 1. The maximum atomic E-state index is 12.4. The maximum Gasteiger partial charge on any atom is 0.293 e. The maximum absolute atomic E-state index is 12.4. The number of rotatable bonds is 2. The summed E-state index contributed by atoms with van der Waals surface area (Å²) in [4.78, 5) is 28.5. The highest BCUT2D eigenvalue weighted by Crippen LogP contribution is 2.37. The fraction of sp³-hybridized carbons (Fsp3) is 0.143. The molecule has 6 nitrogen and oxygen atoms in total. The van der Waals surface area contributed by atoms with Crippen molar-refractivity contribution in [1.29, 1.82) is 0 Å². The SMILES string of the molecule is O=C(c1cccnc1)N1CCc2cccc([N+](=O)[O-])c21. The van der Waals surface area contributed by atoms with Gasteiger partial charge < -0.3 is 4.90 Å². The number of hydrogen-bond donors (Lipinski definition) is 0. The van der Waals surface area contributed by atoms with Crippen molar-refractivity contribution in [2.75, 3.05) is 11.4 Å². The molecular formula is C14H11N3O3. The number of pyridine rings is 1. The van der Waals surface area contributed by atoms with Crippen LogP contribution in [0.25, 0.3) is 0 Å². The van der Waals surface area contributed by atoms with E-state index in [9.17, 15) is 14.9 Å². The number of para-hydroxylation sites is 1. The van der Waals surface area contributed by atoms with Gasteiger partial charge in [-0.2, -0.15) is 0 Å². The Morgan fingerprint density at radius 2 is 2.15 bits per heavy atom. The first kappa shape index (κ1) is 12.3. The van der Waals surface area contributed by atoms with E-state index in [2.05, 4.69) is 4.98 Å². The van der Waals surface area contributed by atoms with Crippen LogP contribution in [0.4, 0.5) is 11.4 Å². The van der Waals surface area contributed by atoms with Gasteiger partial charge in [0.2, 0.25) is 0 Å². The van der Waals surface area contributed by atoms with Gasteiger partial charge in [-0.1, -0.05) is 12.1 Å². The van der Waals surface area contributed by atoms with Crippen molar-refractivity contribution in [3.05, 3.63) is 64.0 Å². The lowest BCUT2D eigenvalue weighted by atomic mass is 10.1. The van der Waals surface area contributed by atoms with Gasteiger partial charge in [-0.05, 0) is 24.1 Å². The molecule has 0 spiro atoms. The minimum Gasteiger partial charge on any atom is -0.302 e. The third-order valence-electron chi connectivity index (χ3n) is 3.32. The summed E-state index contributed by atoms with van der Waals surface area (Å²) < 4.78 is 0. The van der Waals surface area contributed by atoms with Crippen molar-refractivity contribution in [3.63, 3.8) is 0 Å². The summed E-state index contributed by atoms with van der Waals surface area (Å²) in [5, 5.41) is 11.1. The van der Waals surface area contributed by atoms with Crippen LogP contribution in [0.5, 0.6) is 0 Å². The molecule has 0 atom stereocenters. The number of benzene rings is 1. The molecule has 2 heterocycles. The highest BCUT2D eigenvalue weighted by molar-refractivity contribution is 6.08. The second kappa shape index (κ2) is 4.73. The van der Waals surface area contributed by atoms with Gasteiger partial charge in [0.15, 0.2) is 0 Å². The van der Waals surface area contributed by atoms with E-state index >= 15 is 0 Å². The molecule has 0 saturated heterocycles. The van der Waals surface area contributed by atoms with Gasteiger partial charge in [-0.15, -0.1) is 0 Å². The summed E-state index contributed by atoms with van der Waals surface area (Å²) in [5.74, 6) is -0.258. The van der Waals surface area contributed by atoms with Gasteiger partial charge in [0, 0.05) is 25.0 Å². The van der Waals surface area contributed by atoms with Crippen LogP contribution in [0.1, 0.15) is 15.9 Å². The fourth-order valence-electron chi connectivity index (χ4n) is 2.43. The zero-order chi connectivity index (χ0) is 14.1. The Bertz CT molecular complexity index is 685. The van der Waals surface area contributed by atoms with Crippen LogP contribution < -0.4 is 4.90 Å². The van der Waals surface area contributed by atoms with E-state index in [4.69, 9.17) is 0 Å². The van der Waals surface area contributed by atoms with Crippen molar-refractivity contribution >= 4 is 17.3 Å². The quantitative estimate of drug-likeness (QED) is 0.618. The van der Waals surface area contributed by atoms with E-state index in [0.29, 0.717) is 24.2 Å². The second-order valence-corrected chi connectivity index (χ2v) is 4.49. The molecule has 0 saturated carbocycles. The van der Waals surface area contributed by atoms with Gasteiger partial charge in [0.1, 0.15) is 5.69 Å². The minimum atomic E-state index is -0.451. The van der Waals surface area contributed by atoms with Crippen LogP contribution in [-0.2, 0) is 6.42 Å². The van der Waals surface area contributed by atoms with Crippen LogP contribution >= 0.6 is 0 Å². The number of nitro groups is 1. The van der Waals surface area contributed by atoms with E-state index in [1.807, 2.05) is 6.07 Å². The lowest BCUT2D eigenvalue weighted by molar-refractivity contribution is -0.384. The van der Waals surface area contributed by atoms with Crippen molar-refractivity contribution in [2.45, 2.75) is 6.42 Å². The first-order valence-electron chi connectivity index (χ1n) is 6.16. The van der Waals surface area contributed by atoms with E-state index in [1.165, 1.54) is 17.2 Å². The smallest absolute Gasteiger partial charge is 0.293 e. The van der Waals surface area contributed by atoms with Crippen molar-refractivity contribution in [2.24, 2.45) is 0 Å². The lowest BCUT2D eigenvalue weighted by Crippen LogP contribution is -2.29. The molecule has 100 valence electrons. The predicted octanol–water partition coefficient (Wildman–Crippen LogP) is 2.19. The number of amides is 1. The summed E-state index contributed by atoms with van der Waals surface area (Å²) in [6, 6.07) is 8.22.